The number of nitrogens with zero attached hydrogens (tertiary/aromatic N) is 1. The highest BCUT2D eigenvalue weighted by Crippen LogP contribution is 2.13. The summed E-state index contributed by atoms with van der Waals surface area (Å²) in [4.78, 5) is 23.7. The molecule has 2 saturated heterocycles. The maximum atomic E-state index is 11.2. The van der Waals surface area contributed by atoms with Gasteiger partial charge in [0.1, 0.15) is 12.2 Å². The van der Waals surface area contributed by atoms with E-state index in [1.54, 1.807) is 0 Å². The van der Waals surface area contributed by atoms with E-state index in [0.29, 0.717) is 19.6 Å². The molecule has 2 aromatic rings. The number of amides is 2. The van der Waals surface area contributed by atoms with Gasteiger partial charge in [0.05, 0.1) is 13.1 Å². The number of nitrogens with two attached hydrogens (primary N) is 1. The van der Waals surface area contributed by atoms with Crippen LogP contribution in [0.2, 0.25) is 0 Å². The second-order valence-corrected chi connectivity index (χ2v) is 7.19. The number of hydrogen-bond acceptors (Lipinski definition) is 6. The third-order valence-corrected chi connectivity index (χ3v) is 4.72. The van der Waals surface area contributed by atoms with Gasteiger partial charge >= 0.3 is 12.2 Å². The first-order valence-corrected chi connectivity index (χ1v) is 10.0. The predicted molar refractivity (Wildman–Crippen MR) is 115 cm³/mol. The van der Waals surface area contributed by atoms with Crippen LogP contribution in [-0.4, -0.2) is 55.5 Å². The van der Waals surface area contributed by atoms with Crippen molar-refractivity contribution < 1.29 is 20.5 Å². The summed E-state index contributed by atoms with van der Waals surface area (Å²) in [6.45, 7) is 3.93. The quantitative estimate of drug-likeness (QED) is 0.641. The highest BCUT2D eigenvalue weighted by Gasteiger charge is 2.25. The number of ether oxygens (including phenoxy) is 2. The number of rotatable bonds is 7. The minimum Gasteiger partial charge on any atom is -0.443 e. The van der Waals surface area contributed by atoms with Crippen LogP contribution in [0.25, 0.3) is 0 Å². The minimum atomic E-state index is -0.361. The number of cyclic esters (lactones) is 2. The maximum absolute atomic E-state index is 11.2. The Bertz CT molecular complexity index is 768. The number of nitrogens with one attached hydrogen (secondary N) is 2. The van der Waals surface area contributed by atoms with Gasteiger partial charge in [0, 0.05) is 27.6 Å². The summed E-state index contributed by atoms with van der Waals surface area (Å²) in [5.41, 5.74) is 7.70. The number of carbonyl (C=O) groups is 2. The predicted octanol–water partition coefficient (Wildman–Crippen LogP) is 2.10. The van der Waals surface area contributed by atoms with Crippen molar-refractivity contribution >= 4 is 12.2 Å². The van der Waals surface area contributed by atoms with Gasteiger partial charge in [-0.3, -0.25) is 4.90 Å². The molecule has 0 unspecified atom stereocenters. The average Bonchev–Trinajstić information content (AvgIpc) is 3.37. The SMILES string of the molecule is NC[C@@H]1CNC(=O)O1.O=C1NC[C@@H](CN(Cc2ccccc2)Cc2ccccc2)O1.[HH]. The molecule has 0 bridgehead atoms. The standard InChI is InChI=1S/C18H20N2O2.C4H8N2O2.H2/c21-18-19-11-17(22-18)14-20(12-15-7-3-1-4-8-15)13-16-9-5-2-6-10-16;5-1-3-2-6-4(7)8-3;/h1-10,17H,11-14H2,(H,19,21);3H,1-2,5H2,(H,6,7);1H/t17-;3-;/m01./s1. The molecule has 162 valence electrons. The number of hydrogen-bond donors (Lipinski definition) is 3. The van der Waals surface area contributed by atoms with E-state index in [1.165, 1.54) is 11.1 Å². The molecule has 0 aliphatic carbocycles. The monoisotopic (exact) mass is 414 g/mol. The first-order valence-electron chi connectivity index (χ1n) is 10.0. The smallest absolute Gasteiger partial charge is 0.407 e. The summed E-state index contributed by atoms with van der Waals surface area (Å²) in [6.07, 6.45) is -0.868. The first kappa shape index (κ1) is 21.6. The maximum Gasteiger partial charge on any atom is 0.407 e. The molecule has 0 saturated carbocycles. The summed E-state index contributed by atoms with van der Waals surface area (Å²) in [5, 5.41) is 5.19. The van der Waals surface area contributed by atoms with Gasteiger partial charge < -0.3 is 25.8 Å². The van der Waals surface area contributed by atoms with Gasteiger partial charge in [0.25, 0.3) is 0 Å². The van der Waals surface area contributed by atoms with E-state index in [4.69, 9.17) is 10.5 Å². The van der Waals surface area contributed by atoms with Crippen molar-refractivity contribution in [3.05, 3.63) is 71.8 Å². The zero-order valence-electron chi connectivity index (χ0n) is 16.8. The Labute approximate surface area is 177 Å². The summed E-state index contributed by atoms with van der Waals surface area (Å²) < 4.78 is 9.91. The second-order valence-electron chi connectivity index (χ2n) is 7.19. The van der Waals surface area contributed by atoms with E-state index in [9.17, 15) is 9.59 Å². The summed E-state index contributed by atoms with van der Waals surface area (Å²) in [7, 11) is 0. The first-order chi connectivity index (χ1) is 14.6. The van der Waals surface area contributed by atoms with Crippen LogP contribution >= 0.6 is 0 Å². The van der Waals surface area contributed by atoms with Gasteiger partial charge in [0.2, 0.25) is 0 Å². The van der Waals surface area contributed by atoms with Crippen LogP contribution < -0.4 is 16.4 Å². The fourth-order valence-corrected chi connectivity index (χ4v) is 3.25. The third kappa shape index (κ3) is 7.06. The van der Waals surface area contributed by atoms with Crippen LogP contribution in [0.5, 0.6) is 0 Å². The lowest BCUT2D eigenvalue weighted by Gasteiger charge is -2.24. The molecule has 0 radical (unpaired) electrons. The van der Waals surface area contributed by atoms with Crippen LogP contribution in [0.15, 0.2) is 60.7 Å². The van der Waals surface area contributed by atoms with Gasteiger partial charge in [0.15, 0.2) is 0 Å². The van der Waals surface area contributed by atoms with Gasteiger partial charge in [-0.25, -0.2) is 9.59 Å². The number of carbonyl (C=O) groups excluding carboxylic acids is 2. The largest absolute Gasteiger partial charge is 0.443 e. The molecule has 2 aliphatic heterocycles. The Balaban J connectivity index is 0.000000322. The van der Waals surface area contributed by atoms with Gasteiger partial charge in [-0.1, -0.05) is 60.7 Å². The van der Waals surface area contributed by atoms with E-state index in [1.807, 2.05) is 36.4 Å². The van der Waals surface area contributed by atoms with E-state index >= 15 is 0 Å². The molecular formula is C22H30N4O4. The molecule has 0 aromatic heterocycles. The summed E-state index contributed by atoms with van der Waals surface area (Å²) in [6, 6.07) is 20.7. The van der Waals surface area contributed by atoms with Crippen LogP contribution in [0, 0.1) is 0 Å². The minimum absolute atomic E-state index is 0. The van der Waals surface area contributed by atoms with Crippen LogP contribution in [0.3, 0.4) is 0 Å². The summed E-state index contributed by atoms with van der Waals surface area (Å²) >= 11 is 0. The van der Waals surface area contributed by atoms with Crippen molar-refractivity contribution in [3.8, 4) is 0 Å². The third-order valence-electron chi connectivity index (χ3n) is 4.72. The molecule has 8 heteroatoms. The van der Waals surface area contributed by atoms with E-state index in [0.717, 1.165) is 19.6 Å². The zero-order valence-corrected chi connectivity index (χ0v) is 16.8. The van der Waals surface area contributed by atoms with Crippen molar-refractivity contribution in [3.63, 3.8) is 0 Å². The Morgan fingerprint density at radius 1 is 0.833 bits per heavy atom. The van der Waals surface area contributed by atoms with Crippen molar-refractivity contribution in [1.82, 2.24) is 15.5 Å². The molecule has 2 amide bonds. The molecule has 2 atom stereocenters. The lowest BCUT2D eigenvalue weighted by Crippen LogP contribution is -2.33. The van der Waals surface area contributed by atoms with E-state index in [2.05, 4.69) is 44.5 Å². The fraction of sp³-hybridized carbons (Fsp3) is 0.364. The number of alkyl carbamates (subject to hydrolysis) is 2. The molecule has 2 aliphatic rings. The van der Waals surface area contributed by atoms with Crippen molar-refractivity contribution in [2.24, 2.45) is 5.73 Å². The molecule has 2 heterocycles. The van der Waals surface area contributed by atoms with E-state index in [-0.39, 0.29) is 25.8 Å². The van der Waals surface area contributed by atoms with Gasteiger partial charge in [-0.15, -0.1) is 0 Å². The Morgan fingerprint density at radius 2 is 1.30 bits per heavy atom. The summed E-state index contributed by atoms with van der Waals surface area (Å²) in [5.74, 6) is 0. The van der Waals surface area contributed by atoms with Crippen LogP contribution in [-0.2, 0) is 22.6 Å². The van der Waals surface area contributed by atoms with Gasteiger partial charge in [-0.2, -0.15) is 0 Å². The van der Waals surface area contributed by atoms with Gasteiger partial charge in [-0.05, 0) is 11.1 Å². The molecule has 0 spiro atoms. The van der Waals surface area contributed by atoms with Crippen molar-refractivity contribution in [2.45, 2.75) is 25.3 Å². The van der Waals surface area contributed by atoms with Crippen LogP contribution in [0.4, 0.5) is 9.59 Å². The Morgan fingerprint density at radius 3 is 1.67 bits per heavy atom. The molecule has 4 rings (SSSR count). The zero-order chi connectivity index (χ0) is 21.2. The molecular weight excluding hydrogens is 384 g/mol. The molecule has 2 fully saturated rings. The fourth-order valence-electron chi connectivity index (χ4n) is 3.25. The lowest BCUT2D eigenvalue weighted by molar-refractivity contribution is 0.103. The molecule has 2 aromatic carbocycles. The average molecular weight is 415 g/mol. The molecule has 4 N–H and O–H groups in total. The number of benzene rings is 2. The van der Waals surface area contributed by atoms with Crippen molar-refractivity contribution in [1.29, 1.82) is 0 Å². The second kappa shape index (κ2) is 11.2. The normalized spacial score (nSPS) is 19.9. The topological polar surface area (TPSA) is 106 Å². The highest BCUT2D eigenvalue weighted by atomic mass is 16.6. The Kier molecular flexibility index (Phi) is 8.05. The van der Waals surface area contributed by atoms with E-state index < -0.39 is 0 Å². The molecule has 8 nitrogen and oxygen atoms in total. The molecule has 30 heavy (non-hydrogen) atoms. The van der Waals surface area contributed by atoms with Crippen molar-refractivity contribution in [2.75, 3.05) is 26.2 Å². The Hall–Kier alpha value is -3.10. The van der Waals surface area contributed by atoms with Crippen LogP contribution in [0.1, 0.15) is 12.6 Å². The lowest BCUT2D eigenvalue weighted by atomic mass is 10.1. The highest BCUT2D eigenvalue weighted by molar-refractivity contribution is 5.69.